The van der Waals surface area contributed by atoms with E-state index in [1.54, 1.807) is 14.2 Å². The summed E-state index contributed by atoms with van der Waals surface area (Å²) in [7, 11) is 3.41. The van der Waals surface area contributed by atoms with Gasteiger partial charge in [0.2, 0.25) is 0 Å². The van der Waals surface area contributed by atoms with E-state index in [1.807, 2.05) is 6.07 Å². The maximum absolute atomic E-state index is 5.88. The van der Waals surface area contributed by atoms with E-state index < -0.39 is 0 Å². The zero-order chi connectivity index (χ0) is 14.8. The zero-order valence-corrected chi connectivity index (χ0v) is 12.8. The summed E-state index contributed by atoms with van der Waals surface area (Å²) in [4.78, 5) is 11.0. The molecule has 0 atom stereocenters. The molecule has 0 aromatic carbocycles. The van der Waals surface area contributed by atoms with Gasteiger partial charge >= 0.3 is 0 Å². The fourth-order valence-electron chi connectivity index (χ4n) is 1.94. The van der Waals surface area contributed by atoms with Crippen molar-refractivity contribution in [2.24, 2.45) is 0 Å². The second kappa shape index (κ2) is 9.50. The first-order valence-corrected chi connectivity index (χ1v) is 7.07. The van der Waals surface area contributed by atoms with Gasteiger partial charge in [-0.2, -0.15) is 0 Å². The second-order valence-electron chi connectivity index (χ2n) is 4.64. The molecule has 0 bridgehead atoms. The lowest BCUT2D eigenvalue weighted by molar-refractivity contribution is 0.191. The lowest BCUT2D eigenvalue weighted by atomic mass is 10.3. The van der Waals surface area contributed by atoms with Crippen LogP contribution in [0.3, 0.4) is 0 Å². The van der Waals surface area contributed by atoms with E-state index in [0.717, 1.165) is 50.6 Å². The van der Waals surface area contributed by atoms with Crippen molar-refractivity contribution >= 4 is 11.6 Å². The fraction of sp³-hybridized carbons (Fsp3) is 0.714. The van der Waals surface area contributed by atoms with E-state index in [9.17, 15) is 0 Å². The molecule has 0 fully saturated rings. The lowest BCUT2D eigenvalue weighted by Crippen LogP contribution is -2.30. The van der Waals surface area contributed by atoms with E-state index in [1.165, 1.54) is 0 Å². The number of nitrogens with zero attached hydrogens (tertiary/aromatic N) is 3. The third-order valence-electron chi connectivity index (χ3n) is 2.92. The van der Waals surface area contributed by atoms with Gasteiger partial charge in [0.15, 0.2) is 0 Å². The Balaban J connectivity index is 2.81. The third-order valence-corrected chi connectivity index (χ3v) is 2.92. The quantitative estimate of drug-likeness (QED) is 0.656. The molecule has 0 saturated heterocycles. The number of methoxy groups -OCH3 is 2. The van der Waals surface area contributed by atoms with Crippen LogP contribution in [0.25, 0.3) is 0 Å². The summed E-state index contributed by atoms with van der Waals surface area (Å²) < 4.78 is 10.3. The maximum Gasteiger partial charge on any atom is 0.134 e. The zero-order valence-electron chi connectivity index (χ0n) is 12.8. The number of rotatable bonds is 10. The molecule has 6 heteroatoms. The fourth-order valence-corrected chi connectivity index (χ4v) is 1.94. The monoisotopic (exact) mass is 282 g/mol. The molecule has 20 heavy (non-hydrogen) atoms. The van der Waals surface area contributed by atoms with Gasteiger partial charge in [-0.1, -0.05) is 6.92 Å². The highest BCUT2D eigenvalue weighted by molar-refractivity contribution is 5.47. The highest BCUT2D eigenvalue weighted by Crippen LogP contribution is 2.15. The van der Waals surface area contributed by atoms with Gasteiger partial charge in [-0.05, 0) is 12.8 Å². The predicted octanol–water partition coefficient (Wildman–Crippen LogP) is 1.50. The van der Waals surface area contributed by atoms with Crippen molar-refractivity contribution in [2.45, 2.75) is 26.2 Å². The van der Waals surface area contributed by atoms with Gasteiger partial charge in [-0.15, -0.1) is 0 Å². The van der Waals surface area contributed by atoms with Crippen LogP contribution in [0.4, 0.5) is 11.6 Å². The number of anilines is 2. The van der Waals surface area contributed by atoms with Crippen LogP contribution in [-0.4, -0.2) is 50.5 Å². The molecule has 0 radical (unpaired) electrons. The Hall–Kier alpha value is -1.40. The van der Waals surface area contributed by atoms with Crippen molar-refractivity contribution in [3.05, 3.63) is 11.9 Å². The molecule has 0 unspecified atom stereocenters. The van der Waals surface area contributed by atoms with Gasteiger partial charge in [0.05, 0.1) is 6.61 Å². The topological polar surface area (TPSA) is 73.5 Å². The third kappa shape index (κ3) is 5.71. The SMILES string of the molecule is CCCc1nc(N)cc(N(CCCOC)CCOC)n1. The Kier molecular flexibility index (Phi) is 7.91. The molecule has 0 aliphatic rings. The Morgan fingerprint density at radius 2 is 1.90 bits per heavy atom. The number of hydrogen-bond donors (Lipinski definition) is 1. The first-order valence-electron chi connectivity index (χ1n) is 7.07. The highest BCUT2D eigenvalue weighted by atomic mass is 16.5. The predicted molar refractivity (Wildman–Crippen MR) is 81.0 cm³/mol. The smallest absolute Gasteiger partial charge is 0.134 e. The van der Waals surface area contributed by atoms with Gasteiger partial charge in [0, 0.05) is 46.4 Å². The van der Waals surface area contributed by atoms with Crippen molar-refractivity contribution in [1.29, 1.82) is 0 Å². The molecule has 0 spiro atoms. The van der Waals surface area contributed by atoms with Gasteiger partial charge < -0.3 is 20.1 Å². The number of nitrogens with two attached hydrogens (primary N) is 1. The number of nitrogen functional groups attached to an aromatic ring is 1. The van der Waals surface area contributed by atoms with Crippen LogP contribution >= 0.6 is 0 Å². The second-order valence-corrected chi connectivity index (χ2v) is 4.64. The molecule has 0 saturated carbocycles. The Morgan fingerprint density at radius 1 is 1.15 bits per heavy atom. The minimum atomic E-state index is 0.521. The van der Waals surface area contributed by atoms with Gasteiger partial charge in [-0.3, -0.25) is 0 Å². The standard InChI is InChI=1S/C14H26N4O2/c1-4-6-13-16-12(15)11-14(17-13)18(8-10-20-3)7-5-9-19-2/h11H,4-10H2,1-3H3,(H2,15,16,17). The van der Waals surface area contributed by atoms with E-state index in [0.29, 0.717) is 12.4 Å². The largest absolute Gasteiger partial charge is 0.385 e. The van der Waals surface area contributed by atoms with Gasteiger partial charge in [0.25, 0.3) is 0 Å². The summed E-state index contributed by atoms with van der Waals surface area (Å²) >= 11 is 0. The normalized spacial score (nSPS) is 10.8. The molecule has 1 aromatic rings. The number of ether oxygens (including phenoxy) is 2. The maximum atomic E-state index is 5.88. The lowest BCUT2D eigenvalue weighted by Gasteiger charge is -2.24. The summed E-state index contributed by atoms with van der Waals surface area (Å²) in [5.74, 6) is 2.19. The molecule has 0 amide bonds. The van der Waals surface area contributed by atoms with Crippen molar-refractivity contribution in [1.82, 2.24) is 9.97 Å². The first-order chi connectivity index (χ1) is 9.71. The summed E-state index contributed by atoms with van der Waals surface area (Å²) in [5, 5.41) is 0. The van der Waals surface area contributed by atoms with E-state index in [4.69, 9.17) is 15.2 Å². The molecule has 114 valence electrons. The molecule has 1 heterocycles. The average Bonchev–Trinajstić information content (AvgIpc) is 2.42. The minimum absolute atomic E-state index is 0.521. The van der Waals surface area contributed by atoms with E-state index in [2.05, 4.69) is 21.8 Å². The summed E-state index contributed by atoms with van der Waals surface area (Å²) in [6.45, 7) is 5.13. The molecule has 1 aromatic heterocycles. The van der Waals surface area contributed by atoms with Crippen molar-refractivity contribution in [3.8, 4) is 0 Å². The summed E-state index contributed by atoms with van der Waals surface area (Å²) in [6.07, 6.45) is 2.78. The van der Waals surface area contributed by atoms with Crippen molar-refractivity contribution in [3.63, 3.8) is 0 Å². The van der Waals surface area contributed by atoms with Crippen molar-refractivity contribution < 1.29 is 9.47 Å². The number of aryl methyl sites for hydroxylation is 1. The minimum Gasteiger partial charge on any atom is -0.385 e. The summed E-state index contributed by atoms with van der Waals surface area (Å²) in [5.41, 5.74) is 5.88. The van der Waals surface area contributed by atoms with Gasteiger partial charge in [-0.25, -0.2) is 9.97 Å². The van der Waals surface area contributed by atoms with E-state index >= 15 is 0 Å². The molecular formula is C14H26N4O2. The highest BCUT2D eigenvalue weighted by Gasteiger charge is 2.10. The van der Waals surface area contributed by atoms with Gasteiger partial charge in [0.1, 0.15) is 17.5 Å². The summed E-state index contributed by atoms with van der Waals surface area (Å²) in [6, 6.07) is 1.82. The molecule has 0 aliphatic heterocycles. The average molecular weight is 282 g/mol. The molecule has 0 aliphatic carbocycles. The van der Waals surface area contributed by atoms with Crippen LogP contribution in [0, 0.1) is 0 Å². The molecule has 1 rings (SSSR count). The van der Waals surface area contributed by atoms with Crippen LogP contribution < -0.4 is 10.6 Å². The molecule has 6 nitrogen and oxygen atoms in total. The van der Waals surface area contributed by atoms with Crippen LogP contribution in [0.2, 0.25) is 0 Å². The number of hydrogen-bond acceptors (Lipinski definition) is 6. The Labute approximate surface area is 121 Å². The van der Waals surface area contributed by atoms with Crippen LogP contribution in [0.15, 0.2) is 6.07 Å². The number of aromatic nitrogens is 2. The molecule has 2 N–H and O–H groups in total. The molecular weight excluding hydrogens is 256 g/mol. The first kappa shape index (κ1) is 16.7. The van der Waals surface area contributed by atoms with Crippen LogP contribution in [0.1, 0.15) is 25.6 Å². The van der Waals surface area contributed by atoms with E-state index in [-0.39, 0.29) is 0 Å². The van der Waals surface area contributed by atoms with Crippen LogP contribution in [-0.2, 0) is 15.9 Å². The van der Waals surface area contributed by atoms with Crippen LogP contribution in [0.5, 0.6) is 0 Å². The Morgan fingerprint density at radius 3 is 2.55 bits per heavy atom. The Bertz CT molecular complexity index is 387. The van der Waals surface area contributed by atoms with Crippen molar-refractivity contribution in [2.75, 3.05) is 51.2 Å².